The Morgan fingerprint density at radius 3 is 2.65 bits per heavy atom. The van der Waals surface area contributed by atoms with Crippen LogP contribution in [0, 0.1) is 5.41 Å². The Kier molecular flexibility index (Phi) is 6.83. The highest BCUT2D eigenvalue weighted by atomic mass is 16.5. The number of benzene rings is 2. The van der Waals surface area contributed by atoms with Gasteiger partial charge in [0, 0.05) is 17.6 Å². The van der Waals surface area contributed by atoms with Crippen molar-refractivity contribution in [2.75, 3.05) is 6.54 Å². The Hall–Kier alpha value is -4.30. The first-order valence-corrected chi connectivity index (χ1v) is 12.1. The number of amides is 1. The van der Waals surface area contributed by atoms with E-state index >= 15 is 0 Å². The number of hydrogen-bond acceptors (Lipinski definition) is 6. The molecule has 4 aromatic rings. The second kappa shape index (κ2) is 10.4. The van der Waals surface area contributed by atoms with Gasteiger partial charge in [0.2, 0.25) is 5.88 Å². The van der Waals surface area contributed by atoms with E-state index in [1.54, 1.807) is 16.8 Å². The van der Waals surface area contributed by atoms with Gasteiger partial charge in [-0.05, 0) is 46.9 Å². The van der Waals surface area contributed by atoms with Crippen LogP contribution >= 0.6 is 0 Å². The summed E-state index contributed by atoms with van der Waals surface area (Å²) in [6.45, 7) is 7.88. The van der Waals surface area contributed by atoms with Crippen LogP contribution in [0.15, 0.2) is 89.8 Å². The van der Waals surface area contributed by atoms with Crippen LogP contribution in [-0.4, -0.2) is 32.9 Å². The second-order valence-electron chi connectivity index (χ2n) is 9.89. The lowest BCUT2D eigenvalue weighted by Gasteiger charge is -2.18. The predicted octanol–water partition coefficient (Wildman–Crippen LogP) is 5.88. The van der Waals surface area contributed by atoms with Gasteiger partial charge in [-0.15, -0.1) is 0 Å². The number of nitrogens with zero attached hydrogens (tertiary/aromatic N) is 4. The highest BCUT2D eigenvalue weighted by Gasteiger charge is 2.22. The van der Waals surface area contributed by atoms with Crippen molar-refractivity contribution < 1.29 is 14.3 Å². The van der Waals surface area contributed by atoms with Crippen LogP contribution in [0.1, 0.15) is 32.0 Å². The molecule has 3 heterocycles. The molecule has 0 spiro atoms. The van der Waals surface area contributed by atoms with Gasteiger partial charge in [-0.2, -0.15) is 0 Å². The normalized spacial score (nSPS) is 13.4. The molecule has 0 radical (unpaired) electrons. The van der Waals surface area contributed by atoms with E-state index in [1.807, 2.05) is 60.7 Å². The minimum absolute atomic E-state index is 0.0200. The molecule has 188 valence electrons. The average molecular weight is 496 g/mol. The number of carbonyl (C=O) groups excluding carboxylic acids is 1. The van der Waals surface area contributed by atoms with Gasteiger partial charge >= 0.3 is 6.03 Å². The van der Waals surface area contributed by atoms with Gasteiger partial charge in [-0.3, -0.25) is 14.9 Å². The van der Waals surface area contributed by atoms with E-state index in [4.69, 9.17) is 9.47 Å². The molecule has 0 atom stereocenters. The number of fused-ring (bicyclic) bond motifs is 1. The molecule has 8 heteroatoms. The fourth-order valence-electron chi connectivity index (χ4n) is 3.97. The maximum absolute atomic E-state index is 12.9. The quantitative estimate of drug-likeness (QED) is 0.361. The molecular weight excluding hydrogens is 466 g/mol. The van der Waals surface area contributed by atoms with Crippen molar-refractivity contribution in [1.29, 1.82) is 0 Å². The maximum atomic E-state index is 12.9. The second-order valence-corrected chi connectivity index (χ2v) is 9.89. The summed E-state index contributed by atoms with van der Waals surface area (Å²) in [6, 6.07) is 18.9. The van der Waals surface area contributed by atoms with Crippen LogP contribution < -0.4 is 10.1 Å². The Balaban J connectivity index is 1.22. The van der Waals surface area contributed by atoms with Crippen molar-refractivity contribution in [3.63, 3.8) is 0 Å². The van der Waals surface area contributed by atoms with Crippen LogP contribution in [0.4, 0.5) is 4.79 Å². The smallest absolute Gasteiger partial charge is 0.331 e. The summed E-state index contributed by atoms with van der Waals surface area (Å²) in [7, 11) is 0. The lowest BCUT2D eigenvalue weighted by molar-refractivity contribution is 0.104. The van der Waals surface area contributed by atoms with Crippen LogP contribution in [0.3, 0.4) is 0 Å². The van der Waals surface area contributed by atoms with Gasteiger partial charge in [0.15, 0.2) is 0 Å². The number of aromatic nitrogens is 3. The first-order valence-electron chi connectivity index (χ1n) is 12.1. The summed E-state index contributed by atoms with van der Waals surface area (Å²) in [5, 5.41) is 3.77. The molecule has 0 saturated carbocycles. The fraction of sp³-hybridized carbons (Fsp3) is 0.241. The number of nitrogens with one attached hydrogen (secondary N) is 1. The molecule has 2 aromatic carbocycles. The van der Waals surface area contributed by atoms with Crippen molar-refractivity contribution >= 4 is 22.8 Å². The highest BCUT2D eigenvalue weighted by Crippen LogP contribution is 2.28. The van der Waals surface area contributed by atoms with Gasteiger partial charge in [0.25, 0.3) is 0 Å². The molecular formula is C29H29N5O3. The molecule has 1 aliphatic rings. The van der Waals surface area contributed by atoms with Crippen LogP contribution in [0.5, 0.6) is 11.6 Å². The van der Waals surface area contributed by atoms with Gasteiger partial charge in [0.1, 0.15) is 17.9 Å². The zero-order valence-corrected chi connectivity index (χ0v) is 21.1. The molecule has 0 bridgehead atoms. The van der Waals surface area contributed by atoms with E-state index in [0.717, 1.165) is 22.2 Å². The van der Waals surface area contributed by atoms with Crippen molar-refractivity contribution in [1.82, 2.24) is 19.9 Å². The van der Waals surface area contributed by atoms with Crippen LogP contribution in [-0.2, 0) is 18.0 Å². The number of carbonyl (C=O) groups is 1. The van der Waals surface area contributed by atoms with E-state index in [-0.39, 0.29) is 11.4 Å². The van der Waals surface area contributed by atoms with Crippen LogP contribution in [0.25, 0.3) is 10.9 Å². The van der Waals surface area contributed by atoms with E-state index in [9.17, 15) is 4.79 Å². The molecule has 8 nitrogen and oxygen atoms in total. The number of rotatable bonds is 6. The van der Waals surface area contributed by atoms with E-state index in [2.05, 4.69) is 41.0 Å². The molecule has 5 rings (SSSR count). The predicted molar refractivity (Wildman–Crippen MR) is 143 cm³/mol. The first-order chi connectivity index (χ1) is 17.8. The molecule has 0 aliphatic carbocycles. The third-order valence-corrected chi connectivity index (χ3v) is 6.09. The average Bonchev–Trinajstić information content (AvgIpc) is 3.52. The maximum Gasteiger partial charge on any atom is 0.331 e. The van der Waals surface area contributed by atoms with Gasteiger partial charge in [0.05, 0.1) is 31.0 Å². The molecule has 0 fully saturated rings. The summed E-state index contributed by atoms with van der Waals surface area (Å²) in [6.07, 6.45) is 5.15. The molecule has 2 aromatic heterocycles. The number of aliphatic imine (C=N–C) groups is 1. The van der Waals surface area contributed by atoms with Crippen molar-refractivity contribution in [3.05, 3.63) is 96.1 Å². The largest absolute Gasteiger partial charge is 0.439 e. The molecule has 0 saturated heterocycles. The van der Waals surface area contributed by atoms with Crippen molar-refractivity contribution in [2.24, 2.45) is 10.4 Å². The van der Waals surface area contributed by atoms with Crippen molar-refractivity contribution in [2.45, 2.75) is 34.0 Å². The number of ether oxygens (including phenoxy) is 2. The Bertz CT molecular complexity index is 1480. The van der Waals surface area contributed by atoms with E-state index in [0.29, 0.717) is 37.2 Å². The first kappa shape index (κ1) is 24.4. The lowest BCUT2D eigenvalue weighted by Crippen LogP contribution is -2.32. The van der Waals surface area contributed by atoms with Crippen LogP contribution in [0.2, 0.25) is 0 Å². The third-order valence-electron chi connectivity index (χ3n) is 6.09. The topological polar surface area (TPSA) is 90.6 Å². The number of amidine groups is 1. The summed E-state index contributed by atoms with van der Waals surface area (Å²) in [4.78, 5) is 25.8. The minimum atomic E-state index is -0.259. The fourth-order valence-corrected chi connectivity index (χ4v) is 3.97. The summed E-state index contributed by atoms with van der Waals surface area (Å²) in [5.74, 6) is 1.62. The SMILES string of the molecule is CC(C)(C)C1=CC(NC(=O)n2ccc3cc(Oc4cc(COCc5ccccc5)ncn4)ccc32)=NC1. The molecule has 0 unspecified atom stereocenters. The number of hydrogen-bond donors (Lipinski definition) is 1. The van der Waals surface area contributed by atoms with E-state index in [1.165, 1.54) is 11.9 Å². The van der Waals surface area contributed by atoms with Gasteiger partial charge < -0.3 is 9.47 Å². The van der Waals surface area contributed by atoms with Gasteiger partial charge in [-0.25, -0.2) is 14.8 Å². The van der Waals surface area contributed by atoms with E-state index < -0.39 is 0 Å². The zero-order valence-electron chi connectivity index (χ0n) is 21.1. The molecule has 1 amide bonds. The highest BCUT2D eigenvalue weighted by molar-refractivity contribution is 6.07. The summed E-state index contributed by atoms with van der Waals surface area (Å²) < 4.78 is 13.3. The summed E-state index contributed by atoms with van der Waals surface area (Å²) in [5.41, 5.74) is 3.80. The lowest BCUT2D eigenvalue weighted by atomic mass is 9.87. The molecule has 1 aliphatic heterocycles. The monoisotopic (exact) mass is 495 g/mol. The molecule has 37 heavy (non-hydrogen) atoms. The Labute approximate surface area is 215 Å². The minimum Gasteiger partial charge on any atom is -0.439 e. The summed E-state index contributed by atoms with van der Waals surface area (Å²) >= 11 is 0. The Morgan fingerprint density at radius 2 is 1.86 bits per heavy atom. The Morgan fingerprint density at radius 1 is 1.03 bits per heavy atom. The molecule has 1 N–H and O–H groups in total. The van der Waals surface area contributed by atoms with Gasteiger partial charge in [-0.1, -0.05) is 51.1 Å². The van der Waals surface area contributed by atoms with Crippen molar-refractivity contribution in [3.8, 4) is 11.6 Å². The zero-order chi connectivity index (χ0) is 25.8. The standard InChI is InChI=1S/C29H29N5O3/c1-29(2,3)22-14-26(30-16-22)33-28(35)34-12-11-21-13-24(9-10-25(21)34)37-27-15-23(31-19-32-27)18-36-17-20-7-5-4-6-8-20/h4-15,19H,16-18H2,1-3H3,(H,30,33,35). The third kappa shape index (κ3) is 5.92.